The molecule has 0 bridgehead atoms. The number of fused-ring (bicyclic) bond motifs is 1. The van der Waals surface area contributed by atoms with Crippen LogP contribution in [0.4, 0.5) is 10.1 Å². The Morgan fingerprint density at radius 2 is 2.10 bits per heavy atom. The summed E-state index contributed by atoms with van der Waals surface area (Å²) >= 11 is 2.22. The first-order valence-electron chi connectivity index (χ1n) is 5.96. The topological polar surface area (TPSA) is 85.1 Å². The molecule has 106 valence electrons. The van der Waals surface area contributed by atoms with Crippen LogP contribution < -0.4 is 5.32 Å². The minimum atomic E-state index is -0.511. The van der Waals surface area contributed by atoms with Crippen molar-refractivity contribution in [3.05, 3.63) is 50.9 Å². The van der Waals surface area contributed by atoms with E-state index in [1.807, 2.05) is 25.1 Å². The molecule has 0 aliphatic heterocycles. The molecular formula is C13H9N3O3S2. The number of nitrogens with one attached hydrogen (secondary N) is 1. The predicted molar refractivity (Wildman–Crippen MR) is 83.3 cm³/mol. The maximum absolute atomic E-state index is 12.1. The van der Waals surface area contributed by atoms with E-state index >= 15 is 0 Å². The first-order chi connectivity index (χ1) is 10.0. The van der Waals surface area contributed by atoms with Crippen molar-refractivity contribution in [3.8, 4) is 0 Å². The summed E-state index contributed by atoms with van der Waals surface area (Å²) in [7, 11) is 0. The lowest BCUT2D eigenvalue weighted by Crippen LogP contribution is -2.09. The van der Waals surface area contributed by atoms with Gasteiger partial charge >= 0.3 is 5.00 Å². The number of hydrogen-bond acceptors (Lipinski definition) is 6. The summed E-state index contributed by atoms with van der Waals surface area (Å²) in [6.07, 6.45) is 0. The van der Waals surface area contributed by atoms with Gasteiger partial charge < -0.3 is 0 Å². The number of benzene rings is 1. The summed E-state index contributed by atoms with van der Waals surface area (Å²) in [6.45, 7) is 1.95. The number of carbonyl (C=O) groups is 1. The van der Waals surface area contributed by atoms with Gasteiger partial charge in [-0.1, -0.05) is 34.8 Å². The second-order valence-electron chi connectivity index (χ2n) is 4.29. The lowest BCUT2D eigenvalue weighted by molar-refractivity contribution is -0.380. The van der Waals surface area contributed by atoms with Crippen molar-refractivity contribution in [2.45, 2.75) is 6.92 Å². The first kappa shape index (κ1) is 13.7. The molecule has 3 rings (SSSR count). The number of hydrogen-bond donors (Lipinski definition) is 1. The summed E-state index contributed by atoms with van der Waals surface area (Å²) in [5.74, 6) is -0.384. The number of thiazole rings is 1. The zero-order chi connectivity index (χ0) is 15.0. The molecule has 2 heterocycles. The molecule has 0 aliphatic carbocycles. The lowest BCUT2D eigenvalue weighted by Gasteiger charge is -1.96. The highest BCUT2D eigenvalue weighted by Gasteiger charge is 2.16. The van der Waals surface area contributed by atoms with Crippen LogP contribution in [0, 0.1) is 17.0 Å². The smallest absolute Gasteiger partial charge is 0.297 e. The Hall–Kier alpha value is -2.32. The van der Waals surface area contributed by atoms with Crippen LogP contribution in [0.2, 0.25) is 0 Å². The molecule has 6 nitrogen and oxygen atoms in total. The maximum atomic E-state index is 12.1. The van der Waals surface area contributed by atoms with E-state index < -0.39 is 4.92 Å². The van der Waals surface area contributed by atoms with E-state index in [0.717, 1.165) is 27.1 Å². The number of rotatable bonds is 3. The van der Waals surface area contributed by atoms with Crippen LogP contribution in [0.1, 0.15) is 15.2 Å². The predicted octanol–water partition coefficient (Wildman–Crippen LogP) is 3.83. The van der Waals surface area contributed by atoms with Gasteiger partial charge in [0.2, 0.25) is 0 Å². The van der Waals surface area contributed by atoms with Crippen molar-refractivity contribution in [2.75, 3.05) is 5.32 Å². The van der Waals surface area contributed by atoms with Gasteiger partial charge in [-0.2, -0.15) is 0 Å². The molecule has 8 heteroatoms. The Labute approximate surface area is 127 Å². The average molecular weight is 319 g/mol. The van der Waals surface area contributed by atoms with Crippen LogP contribution in [-0.2, 0) is 0 Å². The monoisotopic (exact) mass is 319 g/mol. The van der Waals surface area contributed by atoms with Crippen molar-refractivity contribution in [1.82, 2.24) is 4.98 Å². The van der Waals surface area contributed by atoms with Crippen LogP contribution in [0.5, 0.6) is 0 Å². The highest BCUT2D eigenvalue weighted by atomic mass is 32.1. The minimum Gasteiger partial charge on any atom is -0.297 e. The van der Waals surface area contributed by atoms with E-state index in [9.17, 15) is 14.9 Å². The molecule has 0 saturated carbocycles. The van der Waals surface area contributed by atoms with Gasteiger partial charge in [-0.05, 0) is 24.6 Å². The Kier molecular flexibility index (Phi) is 3.40. The Balaban J connectivity index is 1.85. The molecule has 1 amide bonds. The van der Waals surface area contributed by atoms with E-state index in [-0.39, 0.29) is 15.8 Å². The zero-order valence-electron chi connectivity index (χ0n) is 10.8. The molecule has 2 aromatic heterocycles. The number of thiophene rings is 1. The van der Waals surface area contributed by atoms with E-state index in [2.05, 4.69) is 10.3 Å². The van der Waals surface area contributed by atoms with Crippen molar-refractivity contribution < 1.29 is 9.72 Å². The quantitative estimate of drug-likeness (QED) is 0.587. The minimum absolute atomic E-state index is 0.0553. The van der Waals surface area contributed by atoms with Gasteiger partial charge in [0.1, 0.15) is 0 Å². The molecule has 0 radical (unpaired) electrons. The molecule has 3 aromatic rings. The number of aryl methyl sites for hydroxylation is 1. The van der Waals surface area contributed by atoms with Crippen LogP contribution in [-0.4, -0.2) is 15.8 Å². The van der Waals surface area contributed by atoms with Crippen LogP contribution in [0.25, 0.3) is 10.2 Å². The normalized spacial score (nSPS) is 10.7. The number of aromatic nitrogens is 1. The largest absolute Gasteiger partial charge is 0.324 e. The van der Waals surface area contributed by atoms with E-state index in [4.69, 9.17) is 0 Å². The fourth-order valence-electron chi connectivity index (χ4n) is 1.85. The standard InChI is InChI=1S/C13H9N3O3S2/c1-7-3-2-4-8-11(7)14-13(21-8)15-12(17)9-5-6-10(20-9)16(18)19/h2-6H,1H3,(H,14,15,17). The third-order valence-electron chi connectivity index (χ3n) is 2.84. The lowest BCUT2D eigenvalue weighted by atomic mass is 10.2. The number of carbonyl (C=O) groups excluding carboxylic acids is 1. The molecule has 0 fully saturated rings. The van der Waals surface area contributed by atoms with Crippen molar-refractivity contribution in [1.29, 1.82) is 0 Å². The van der Waals surface area contributed by atoms with E-state index in [1.165, 1.54) is 23.5 Å². The van der Waals surface area contributed by atoms with Gasteiger partial charge in [-0.3, -0.25) is 20.2 Å². The number of amides is 1. The molecular weight excluding hydrogens is 310 g/mol. The van der Waals surface area contributed by atoms with Gasteiger partial charge in [0, 0.05) is 6.07 Å². The van der Waals surface area contributed by atoms with Gasteiger partial charge in [-0.25, -0.2) is 4.98 Å². The van der Waals surface area contributed by atoms with Crippen LogP contribution in [0.15, 0.2) is 30.3 Å². The highest BCUT2D eigenvalue weighted by Crippen LogP contribution is 2.29. The number of nitro groups is 1. The molecule has 0 unspecified atom stereocenters. The number of nitrogens with zero attached hydrogens (tertiary/aromatic N) is 2. The van der Waals surface area contributed by atoms with Crippen molar-refractivity contribution in [2.24, 2.45) is 0 Å². The molecule has 0 saturated heterocycles. The average Bonchev–Trinajstić information content (AvgIpc) is 3.05. The second kappa shape index (κ2) is 5.23. The fraction of sp³-hybridized carbons (Fsp3) is 0.0769. The molecule has 1 N–H and O–H groups in total. The third-order valence-corrected chi connectivity index (χ3v) is 4.81. The number of para-hydroxylation sites is 1. The van der Waals surface area contributed by atoms with Gasteiger partial charge in [0.25, 0.3) is 5.91 Å². The number of anilines is 1. The summed E-state index contributed by atoms with van der Waals surface area (Å²) in [5.41, 5.74) is 1.89. The Morgan fingerprint density at radius 1 is 1.29 bits per heavy atom. The van der Waals surface area contributed by atoms with E-state index in [1.54, 1.807) is 0 Å². The molecule has 0 spiro atoms. The van der Waals surface area contributed by atoms with Crippen molar-refractivity contribution >= 4 is 48.9 Å². The zero-order valence-corrected chi connectivity index (χ0v) is 12.5. The summed E-state index contributed by atoms with van der Waals surface area (Å²) in [4.78, 5) is 26.8. The summed E-state index contributed by atoms with van der Waals surface area (Å²) in [6, 6.07) is 8.59. The second-order valence-corrected chi connectivity index (χ2v) is 6.38. The van der Waals surface area contributed by atoms with Gasteiger partial charge in [-0.15, -0.1) is 0 Å². The van der Waals surface area contributed by atoms with E-state index in [0.29, 0.717) is 5.13 Å². The van der Waals surface area contributed by atoms with Gasteiger partial charge in [0.15, 0.2) is 5.13 Å². The maximum Gasteiger partial charge on any atom is 0.324 e. The molecule has 0 atom stereocenters. The Bertz CT molecular complexity index is 853. The summed E-state index contributed by atoms with van der Waals surface area (Å²) in [5, 5.41) is 13.7. The van der Waals surface area contributed by atoms with Crippen LogP contribution in [0.3, 0.4) is 0 Å². The van der Waals surface area contributed by atoms with Gasteiger partial charge in [0.05, 0.1) is 20.0 Å². The van der Waals surface area contributed by atoms with Crippen LogP contribution >= 0.6 is 22.7 Å². The van der Waals surface area contributed by atoms with Crippen molar-refractivity contribution in [3.63, 3.8) is 0 Å². The SMILES string of the molecule is Cc1cccc2sc(NC(=O)c3ccc([N+](=O)[O-])s3)nc12. The highest BCUT2D eigenvalue weighted by molar-refractivity contribution is 7.22. The summed E-state index contributed by atoms with van der Waals surface area (Å²) < 4.78 is 0.988. The Morgan fingerprint density at radius 3 is 2.76 bits per heavy atom. The molecule has 0 aliphatic rings. The molecule has 21 heavy (non-hydrogen) atoms. The fourth-order valence-corrected chi connectivity index (χ4v) is 3.50. The molecule has 1 aromatic carbocycles. The first-order valence-corrected chi connectivity index (χ1v) is 7.59. The third kappa shape index (κ3) is 2.63.